The van der Waals surface area contributed by atoms with E-state index in [1.807, 2.05) is 0 Å². The lowest BCUT2D eigenvalue weighted by Gasteiger charge is -2.24. The number of aromatic carboxylic acids is 1. The molecule has 2 rings (SSSR count). The molecule has 0 spiro atoms. The number of carboxylic acids is 1. The van der Waals surface area contributed by atoms with E-state index in [-0.39, 0.29) is 11.7 Å². The van der Waals surface area contributed by atoms with Crippen LogP contribution in [0.1, 0.15) is 54.9 Å². The van der Waals surface area contributed by atoms with Crippen LogP contribution in [0.5, 0.6) is 5.75 Å². The van der Waals surface area contributed by atoms with Crippen LogP contribution in [0, 0.1) is 0 Å². The van der Waals surface area contributed by atoms with Crippen LogP contribution in [-0.4, -0.2) is 23.5 Å². The van der Waals surface area contributed by atoms with E-state index in [0.29, 0.717) is 6.42 Å². The molecule has 1 N–H and O–H groups in total. The molecule has 23 heavy (non-hydrogen) atoms. The first-order valence-corrected chi connectivity index (χ1v) is 7.58. The summed E-state index contributed by atoms with van der Waals surface area (Å²) in [5.74, 6) is -1.82. The molecular formula is C16H19F3O4. The van der Waals surface area contributed by atoms with Crippen molar-refractivity contribution in [1.29, 1.82) is 0 Å². The number of carbonyl (C=O) groups is 1. The Hall–Kier alpha value is -1.76. The summed E-state index contributed by atoms with van der Waals surface area (Å²) in [5, 5.41) is 8.96. The lowest BCUT2D eigenvalue weighted by molar-refractivity contribution is -0.146. The zero-order chi connectivity index (χ0) is 17.0. The number of hydrogen-bond donors (Lipinski definition) is 1. The van der Waals surface area contributed by atoms with Gasteiger partial charge >= 0.3 is 12.1 Å². The minimum Gasteiger partial charge on any atom is -0.478 e. The van der Waals surface area contributed by atoms with Crippen molar-refractivity contribution < 1.29 is 32.5 Å². The van der Waals surface area contributed by atoms with Crippen molar-refractivity contribution in [3.05, 3.63) is 29.3 Å². The van der Waals surface area contributed by atoms with E-state index in [9.17, 15) is 18.0 Å². The summed E-state index contributed by atoms with van der Waals surface area (Å²) < 4.78 is 50.3. The highest BCUT2D eigenvalue weighted by atomic mass is 19.4. The molecule has 1 aromatic carbocycles. The van der Waals surface area contributed by atoms with Crippen molar-refractivity contribution >= 4 is 5.97 Å². The third-order valence-corrected chi connectivity index (χ3v) is 3.77. The van der Waals surface area contributed by atoms with Crippen LogP contribution in [0.15, 0.2) is 18.2 Å². The number of halogens is 3. The van der Waals surface area contributed by atoms with Crippen molar-refractivity contribution in [3.63, 3.8) is 0 Å². The molecule has 1 atom stereocenters. The molecule has 1 aliphatic carbocycles. The molecule has 128 valence electrons. The molecule has 1 saturated carbocycles. The topological polar surface area (TPSA) is 55.8 Å². The Morgan fingerprint density at radius 3 is 2.52 bits per heavy atom. The van der Waals surface area contributed by atoms with Gasteiger partial charge in [0.25, 0.3) is 0 Å². The molecule has 1 unspecified atom stereocenters. The minimum absolute atomic E-state index is 0.0167. The van der Waals surface area contributed by atoms with Gasteiger partial charge in [-0.2, -0.15) is 13.2 Å². The molecule has 0 saturated heterocycles. The second-order valence-electron chi connectivity index (χ2n) is 5.51. The summed E-state index contributed by atoms with van der Waals surface area (Å²) in [6, 6.07) is 2.53. The van der Waals surface area contributed by atoms with E-state index < -0.39 is 29.7 Å². The summed E-state index contributed by atoms with van der Waals surface area (Å²) in [6.45, 7) is 1.74. The summed E-state index contributed by atoms with van der Waals surface area (Å²) in [6.07, 6.45) is -1.32. The number of carboxylic acid groups (broad SMARTS) is 1. The Balaban J connectivity index is 2.23. The molecule has 0 radical (unpaired) electrons. The third kappa shape index (κ3) is 4.60. The van der Waals surface area contributed by atoms with E-state index in [1.165, 1.54) is 0 Å². The molecule has 4 nitrogen and oxygen atoms in total. The highest BCUT2D eigenvalue weighted by Crippen LogP contribution is 2.37. The van der Waals surface area contributed by atoms with E-state index in [0.717, 1.165) is 43.9 Å². The van der Waals surface area contributed by atoms with Crippen LogP contribution in [0.2, 0.25) is 0 Å². The van der Waals surface area contributed by atoms with E-state index in [2.05, 4.69) is 0 Å². The number of rotatable bonds is 6. The molecule has 0 amide bonds. The van der Waals surface area contributed by atoms with Gasteiger partial charge in [0.05, 0.1) is 17.2 Å². The molecule has 1 aliphatic rings. The predicted molar refractivity (Wildman–Crippen MR) is 76.5 cm³/mol. The van der Waals surface area contributed by atoms with Crippen molar-refractivity contribution in [2.24, 2.45) is 0 Å². The molecule has 0 aromatic heterocycles. The molecule has 1 aromatic rings. The van der Waals surface area contributed by atoms with Crippen molar-refractivity contribution in [2.45, 2.75) is 57.6 Å². The summed E-state index contributed by atoms with van der Waals surface area (Å²) >= 11 is 0. The van der Waals surface area contributed by atoms with Crippen LogP contribution < -0.4 is 4.74 Å². The second kappa shape index (κ2) is 7.21. The van der Waals surface area contributed by atoms with Gasteiger partial charge in [0, 0.05) is 6.42 Å². The lowest BCUT2D eigenvalue weighted by Crippen LogP contribution is -2.26. The summed E-state index contributed by atoms with van der Waals surface area (Å²) in [7, 11) is 0. The van der Waals surface area contributed by atoms with Gasteiger partial charge in [-0.15, -0.1) is 0 Å². The zero-order valence-electron chi connectivity index (χ0n) is 12.7. The maximum absolute atomic E-state index is 13.1. The van der Waals surface area contributed by atoms with Crippen LogP contribution >= 0.6 is 0 Å². The van der Waals surface area contributed by atoms with Gasteiger partial charge in [-0.05, 0) is 31.0 Å². The molecular weight excluding hydrogens is 313 g/mol. The highest BCUT2D eigenvalue weighted by molar-refractivity contribution is 5.88. The Kier molecular flexibility index (Phi) is 5.51. The van der Waals surface area contributed by atoms with Gasteiger partial charge in [0.15, 0.2) is 6.29 Å². The maximum Gasteiger partial charge on any atom is 0.419 e. The first-order chi connectivity index (χ1) is 10.8. The van der Waals surface area contributed by atoms with Gasteiger partial charge in [0.1, 0.15) is 5.75 Å². The molecule has 7 heteroatoms. The SMILES string of the molecule is CCC(Oc1cc(C(=O)O)ccc1C(F)(F)F)OC1CCCC1. The second-order valence-corrected chi connectivity index (χ2v) is 5.51. The first kappa shape index (κ1) is 17.6. The molecule has 0 heterocycles. The first-order valence-electron chi connectivity index (χ1n) is 7.58. The van der Waals surface area contributed by atoms with Crippen molar-refractivity contribution in [3.8, 4) is 5.75 Å². The average molecular weight is 332 g/mol. The lowest BCUT2D eigenvalue weighted by atomic mass is 10.1. The van der Waals surface area contributed by atoms with Gasteiger partial charge in [-0.1, -0.05) is 19.8 Å². The van der Waals surface area contributed by atoms with Crippen LogP contribution in [-0.2, 0) is 10.9 Å². The quantitative estimate of drug-likeness (QED) is 0.781. The molecule has 0 aliphatic heterocycles. The largest absolute Gasteiger partial charge is 0.478 e. The predicted octanol–water partition coefficient (Wildman–Crippen LogP) is 4.48. The normalized spacial score (nSPS) is 17.2. The fourth-order valence-electron chi connectivity index (χ4n) is 2.58. The van der Waals surface area contributed by atoms with Crippen LogP contribution in [0.4, 0.5) is 13.2 Å². The van der Waals surface area contributed by atoms with Crippen molar-refractivity contribution in [2.75, 3.05) is 0 Å². The molecule has 0 bridgehead atoms. The Bertz CT molecular complexity index is 551. The Morgan fingerprint density at radius 2 is 2.00 bits per heavy atom. The number of ether oxygens (including phenoxy) is 2. The standard InChI is InChI=1S/C16H19F3O4/c1-2-14(22-11-5-3-4-6-11)23-13-9-10(15(20)21)7-8-12(13)16(17,18)19/h7-9,11,14H,2-6H2,1H3,(H,20,21). The van der Waals surface area contributed by atoms with Gasteiger partial charge in [0.2, 0.25) is 0 Å². The summed E-state index contributed by atoms with van der Waals surface area (Å²) in [4.78, 5) is 11.0. The monoisotopic (exact) mass is 332 g/mol. The Morgan fingerprint density at radius 1 is 1.35 bits per heavy atom. The highest BCUT2D eigenvalue weighted by Gasteiger charge is 2.35. The maximum atomic E-state index is 13.1. The van der Waals surface area contributed by atoms with Crippen LogP contribution in [0.25, 0.3) is 0 Å². The smallest absolute Gasteiger partial charge is 0.419 e. The molecule has 1 fully saturated rings. The zero-order valence-corrected chi connectivity index (χ0v) is 12.7. The number of benzene rings is 1. The van der Waals surface area contributed by atoms with Gasteiger partial charge in [-0.25, -0.2) is 4.79 Å². The fraction of sp³-hybridized carbons (Fsp3) is 0.562. The fourth-order valence-corrected chi connectivity index (χ4v) is 2.58. The van der Waals surface area contributed by atoms with Crippen molar-refractivity contribution in [1.82, 2.24) is 0 Å². The van der Waals surface area contributed by atoms with E-state index in [4.69, 9.17) is 14.6 Å². The number of alkyl halides is 3. The van der Waals surface area contributed by atoms with E-state index in [1.54, 1.807) is 6.92 Å². The Labute approximate surface area is 132 Å². The van der Waals surface area contributed by atoms with Gasteiger partial charge in [-0.3, -0.25) is 0 Å². The number of hydrogen-bond acceptors (Lipinski definition) is 3. The van der Waals surface area contributed by atoms with Gasteiger partial charge < -0.3 is 14.6 Å². The minimum atomic E-state index is -4.63. The van der Waals surface area contributed by atoms with E-state index >= 15 is 0 Å². The summed E-state index contributed by atoms with van der Waals surface area (Å²) in [5.41, 5.74) is -1.26. The van der Waals surface area contributed by atoms with Crippen LogP contribution in [0.3, 0.4) is 0 Å². The average Bonchev–Trinajstić information content (AvgIpc) is 2.98. The third-order valence-electron chi connectivity index (χ3n) is 3.77.